The van der Waals surface area contributed by atoms with Crippen molar-refractivity contribution in [3.05, 3.63) is 66.0 Å². The van der Waals surface area contributed by atoms with Crippen molar-refractivity contribution in [2.45, 2.75) is 5.03 Å². The standard InChI is InChI=1S/C18H14N2O2S/c21-17(22)12-23-18-14-8-4-5-9-15(14)19-16(20-18)11-10-13-6-2-1-3-7-13/h1-11H,12H2,(H,21,22)/p-1/b11-10+. The zero-order valence-electron chi connectivity index (χ0n) is 12.2. The van der Waals surface area contributed by atoms with Gasteiger partial charge in [0.15, 0.2) is 5.82 Å². The number of carbonyl (C=O) groups is 1. The first-order valence-corrected chi connectivity index (χ1v) is 8.03. The van der Waals surface area contributed by atoms with Crippen LogP contribution >= 0.6 is 11.8 Å². The van der Waals surface area contributed by atoms with Gasteiger partial charge in [-0.15, -0.1) is 0 Å². The van der Waals surface area contributed by atoms with Gasteiger partial charge in [-0.1, -0.05) is 66.4 Å². The molecule has 1 aromatic heterocycles. The van der Waals surface area contributed by atoms with E-state index in [2.05, 4.69) is 9.97 Å². The highest BCUT2D eigenvalue weighted by molar-refractivity contribution is 8.00. The third-order valence-corrected chi connectivity index (χ3v) is 4.10. The van der Waals surface area contributed by atoms with Crippen molar-refractivity contribution in [2.24, 2.45) is 0 Å². The van der Waals surface area contributed by atoms with Gasteiger partial charge in [-0.3, -0.25) is 0 Å². The molecule has 0 saturated carbocycles. The van der Waals surface area contributed by atoms with Gasteiger partial charge < -0.3 is 9.90 Å². The molecule has 0 bridgehead atoms. The summed E-state index contributed by atoms with van der Waals surface area (Å²) in [6.07, 6.45) is 3.75. The minimum Gasteiger partial charge on any atom is -0.549 e. The summed E-state index contributed by atoms with van der Waals surface area (Å²) >= 11 is 1.15. The first-order valence-electron chi connectivity index (χ1n) is 7.05. The molecule has 0 N–H and O–H groups in total. The smallest absolute Gasteiger partial charge is 0.153 e. The van der Waals surface area contributed by atoms with Crippen LogP contribution in [0, 0.1) is 0 Å². The maximum Gasteiger partial charge on any atom is 0.153 e. The van der Waals surface area contributed by atoms with Crippen molar-refractivity contribution >= 4 is 40.8 Å². The lowest BCUT2D eigenvalue weighted by Gasteiger charge is -2.07. The van der Waals surface area contributed by atoms with Crippen LogP contribution in [-0.2, 0) is 4.79 Å². The Bertz CT molecular complexity index is 863. The Morgan fingerprint density at radius 3 is 2.52 bits per heavy atom. The van der Waals surface area contributed by atoms with Gasteiger partial charge in [0, 0.05) is 11.1 Å². The Hall–Kier alpha value is -2.66. The molecule has 0 atom stereocenters. The molecule has 2 aromatic carbocycles. The van der Waals surface area contributed by atoms with Gasteiger partial charge in [0.05, 0.1) is 11.5 Å². The van der Waals surface area contributed by atoms with Gasteiger partial charge in [-0.25, -0.2) is 9.97 Å². The molecule has 0 aliphatic rings. The number of carboxylic acids is 1. The highest BCUT2D eigenvalue weighted by atomic mass is 32.2. The monoisotopic (exact) mass is 321 g/mol. The minimum atomic E-state index is -1.11. The molecule has 0 saturated heterocycles. The lowest BCUT2D eigenvalue weighted by atomic mass is 10.2. The highest BCUT2D eigenvalue weighted by Crippen LogP contribution is 2.25. The van der Waals surface area contributed by atoms with E-state index in [1.165, 1.54) is 0 Å². The molecule has 0 amide bonds. The number of carboxylic acid groups (broad SMARTS) is 1. The zero-order chi connectivity index (χ0) is 16.1. The number of hydrogen-bond acceptors (Lipinski definition) is 5. The van der Waals surface area contributed by atoms with Crippen molar-refractivity contribution in [3.63, 3.8) is 0 Å². The summed E-state index contributed by atoms with van der Waals surface area (Å²) in [6, 6.07) is 17.4. The number of rotatable bonds is 5. The molecule has 0 fully saturated rings. The summed E-state index contributed by atoms with van der Waals surface area (Å²) in [7, 11) is 0. The molecular formula is C18H13N2O2S-. The first-order chi connectivity index (χ1) is 11.2. The van der Waals surface area contributed by atoms with Crippen molar-refractivity contribution in [1.82, 2.24) is 9.97 Å². The molecule has 114 valence electrons. The quantitative estimate of drug-likeness (QED) is 0.534. The lowest BCUT2D eigenvalue weighted by Crippen LogP contribution is -2.24. The van der Waals surface area contributed by atoms with E-state index >= 15 is 0 Å². The Morgan fingerprint density at radius 2 is 1.74 bits per heavy atom. The molecule has 3 rings (SSSR count). The maximum atomic E-state index is 10.7. The normalized spacial score (nSPS) is 11.1. The highest BCUT2D eigenvalue weighted by Gasteiger charge is 2.06. The van der Waals surface area contributed by atoms with Gasteiger partial charge in [0.1, 0.15) is 5.03 Å². The fourth-order valence-electron chi connectivity index (χ4n) is 2.11. The van der Waals surface area contributed by atoms with Crippen LogP contribution in [0.1, 0.15) is 11.4 Å². The SMILES string of the molecule is O=C([O-])CSc1nc(/C=C/c2ccccc2)nc2ccccc12. The van der Waals surface area contributed by atoms with Crippen LogP contribution in [0.3, 0.4) is 0 Å². The van der Waals surface area contributed by atoms with E-state index in [4.69, 9.17) is 0 Å². The largest absolute Gasteiger partial charge is 0.549 e. The van der Waals surface area contributed by atoms with E-state index < -0.39 is 5.97 Å². The summed E-state index contributed by atoms with van der Waals surface area (Å²) in [6.45, 7) is 0. The third-order valence-electron chi connectivity index (χ3n) is 3.14. The number of carbonyl (C=O) groups excluding carboxylic acids is 1. The van der Waals surface area contributed by atoms with Gasteiger partial charge in [0.2, 0.25) is 0 Å². The predicted molar refractivity (Wildman–Crippen MR) is 90.6 cm³/mol. The van der Waals surface area contributed by atoms with E-state index in [9.17, 15) is 9.90 Å². The zero-order valence-corrected chi connectivity index (χ0v) is 13.0. The number of fused-ring (bicyclic) bond motifs is 1. The van der Waals surface area contributed by atoms with Crippen LogP contribution < -0.4 is 5.11 Å². The average Bonchev–Trinajstić information content (AvgIpc) is 2.58. The molecule has 0 spiro atoms. The molecule has 0 radical (unpaired) electrons. The number of nitrogens with zero attached hydrogens (tertiary/aromatic N) is 2. The van der Waals surface area contributed by atoms with Gasteiger partial charge >= 0.3 is 0 Å². The first kappa shape index (κ1) is 15.2. The van der Waals surface area contributed by atoms with E-state index in [0.717, 1.165) is 28.2 Å². The molecular weight excluding hydrogens is 308 g/mol. The Balaban J connectivity index is 1.97. The summed E-state index contributed by atoms with van der Waals surface area (Å²) in [5.74, 6) is -0.699. The van der Waals surface area contributed by atoms with Gasteiger partial charge in [-0.05, 0) is 17.7 Å². The fourth-order valence-corrected chi connectivity index (χ4v) is 2.85. The van der Waals surface area contributed by atoms with E-state index in [-0.39, 0.29) is 5.75 Å². The molecule has 5 heteroatoms. The molecule has 0 unspecified atom stereocenters. The Morgan fingerprint density at radius 1 is 1.00 bits per heavy atom. The van der Waals surface area contributed by atoms with Crippen LogP contribution in [-0.4, -0.2) is 21.7 Å². The summed E-state index contributed by atoms with van der Waals surface area (Å²) in [5, 5.41) is 12.2. The van der Waals surface area contributed by atoms with E-state index in [0.29, 0.717) is 10.9 Å². The van der Waals surface area contributed by atoms with Crippen LogP contribution in [0.4, 0.5) is 0 Å². The van der Waals surface area contributed by atoms with Crippen LogP contribution in [0.15, 0.2) is 59.6 Å². The van der Waals surface area contributed by atoms with Crippen LogP contribution in [0.2, 0.25) is 0 Å². The second kappa shape index (κ2) is 7.07. The number of aromatic nitrogens is 2. The number of thioether (sulfide) groups is 1. The van der Waals surface area contributed by atoms with Crippen LogP contribution in [0.5, 0.6) is 0 Å². The molecule has 4 nitrogen and oxygen atoms in total. The number of para-hydroxylation sites is 1. The summed E-state index contributed by atoms with van der Waals surface area (Å²) < 4.78 is 0. The third kappa shape index (κ3) is 3.96. The summed E-state index contributed by atoms with van der Waals surface area (Å²) in [4.78, 5) is 19.7. The van der Waals surface area contributed by atoms with Gasteiger partial charge in [0.25, 0.3) is 0 Å². The van der Waals surface area contributed by atoms with E-state index in [1.807, 2.05) is 66.7 Å². The van der Waals surface area contributed by atoms with Gasteiger partial charge in [-0.2, -0.15) is 0 Å². The average molecular weight is 321 g/mol. The molecule has 1 heterocycles. The van der Waals surface area contributed by atoms with E-state index in [1.54, 1.807) is 0 Å². The Labute approximate surface area is 137 Å². The molecule has 0 aliphatic carbocycles. The molecule has 0 aliphatic heterocycles. The molecule has 23 heavy (non-hydrogen) atoms. The topological polar surface area (TPSA) is 65.9 Å². The number of benzene rings is 2. The van der Waals surface area contributed by atoms with Crippen molar-refractivity contribution in [3.8, 4) is 0 Å². The second-order valence-electron chi connectivity index (χ2n) is 4.81. The lowest BCUT2D eigenvalue weighted by molar-refractivity contribution is -0.301. The maximum absolute atomic E-state index is 10.7. The fraction of sp³-hybridized carbons (Fsp3) is 0.0556. The Kier molecular flexibility index (Phi) is 4.68. The predicted octanol–water partition coefficient (Wildman–Crippen LogP) is 2.64. The second-order valence-corrected chi connectivity index (χ2v) is 5.77. The van der Waals surface area contributed by atoms with Crippen LogP contribution in [0.25, 0.3) is 23.1 Å². The van der Waals surface area contributed by atoms with Crippen molar-refractivity contribution in [1.29, 1.82) is 0 Å². The number of aliphatic carboxylic acids is 1. The minimum absolute atomic E-state index is 0.136. The number of hydrogen-bond donors (Lipinski definition) is 0. The summed E-state index contributed by atoms with van der Waals surface area (Å²) in [5.41, 5.74) is 1.84. The van der Waals surface area contributed by atoms with Crippen molar-refractivity contribution < 1.29 is 9.90 Å². The van der Waals surface area contributed by atoms with Crippen molar-refractivity contribution in [2.75, 3.05) is 5.75 Å². The molecule has 3 aromatic rings.